The van der Waals surface area contributed by atoms with E-state index in [1.807, 2.05) is 42.5 Å². The van der Waals surface area contributed by atoms with Crippen LogP contribution >= 0.6 is 0 Å². The van der Waals surface area contributed by atoms with Crippen molar-refractivity contribution < 1.29 is 14.4 Å². The van der Waals surface area contributed by atoms with Crippen LogP contribution in [0, 0.1) is 0 Å². The molecule has 0 spiro atoms. The summed E-state index contributed by atoms with van der Waals surface area (Å²) < 4.78 is 5.53. The van der Waals surface area contributed by atoms with Gasteiger partial charge in [-0.3, -0.25) is 4.79 Å². The first-order valence-electron chi connectivity index (χ1n) is 10.1. The Balaban J connectivity index is 1.46. The third-order valence-corrected chi connectivity index (χ3v) is 5.36. The number of pyridine rings is 1. The highest BCUT2D eigenvalue weighted by Gasteiger charge is 2.29. The van der Waals surface area contributed by atoms with Crippen LogP contribution in [0.5, 0.6) is 5.75 Å². The molecule has 30 heavy (non-hydrogen) atoms. The number of rotatable bonds is 6. The van der Waals surface area contributed by atoms with Crippen LogP contribution in [0.25, 0.3) is 22.4 Å². The highest BCUT2D eigenvalue weighted by molar-refractivity contribution is 6.09. The summed E-state index contributed by atoms with van der Waals surface area (Å²) in [7, 11) is 0. The molecule has 0 aliphatic heterocycles. The van der Waals surface area contributed by atoms with Gasteiger partial charge >= 0.3 is 0 Å². The number of hydrogen-bond acceptors (Lipinski definition) is 5. The molecule has 150 valence electrons. The average molecular weight is 399 g/mol. The highest BCUT2D eigenvalue weighted by Crippen LogP contribution is 2.41. The predicted octanol–water partition coefficient (Wildman–Crippen LogP) is 4.45. The fourth-order valence-electron chi connectivity index (χ4n) is 3.66. The summed E-state index contributed by atoms with van der Waals surface area (Å²) >= 11 is 0. The first-order valence-corrected chi connectivity index (χ1v) is 10.1. The Morgan fingerprint density at radius 3 is 2.70 bits per heavy atom. The number of phenols is 1. The molecule has 2 aromatic heterocycles. The van der Waals surface area contributed by atoms with E-state index in [2.05, 4.69) is 15.5 Å². The van der Waals surface area contributed by atoms with E-state index < -0.39 is 0 Å². The first kappa shape index (κ1) is 18.4. The van der Waals surface area contributed by atoms with Crippen LogP contribution in [-0.2, 0) is 6.42 Å². The number of aromatic hydroxyl groups is 1. The standard InChI is InChI=1S/C24H21N3O3/c28-18-8-4-5-15(13-18)11-12-25-23(29)19-14-20(16-9-10-16)26-24-21(19)22(27-30-24)17-6-2-1-3-7-17/h1-8,13-14,16,28H,9-12H2,(H,25,29). The topological polar surface area (TPSA) is 88.2 Å². The summed E-state index contributed by atoms with van der Waals surface area (Å²) in [5, 5.41) is 17.5. The predicted molar refractivity (Wildman–Crippen MR) is 113 cm³/mol. The van der Waals surface area contributed by atoms with E-state index in [1.165, 1.54) is 0 Å². The van der Waals surface area contributed by atoms with Crippen LogP contribution in [0.3, 0.4) is 0 Å². The van der Waals surface area contributed by atoms with Gasteiger partial charge in [0, 0.05) is 23.7 Å². The van der Waals surface area contributed by atoms with Crippen molar-refractivity contribution in [3.63, 3.8) is 0 Å². The number of benzene rings is 2. The normalized spacial score (nSPS) is 13.5. The molecule has 0 unspecified atom stereocenters. The van der Waals surface area contributed by atoms with Crippen LogP contribution in [0.4, 0.5) is 0 Å². The van der Waals surface area contributed by atoms with Crippen LogP contribution in [0.1, 0.15) is 40.4 Å². The third kappa shape index (κ3) is 3.64. The summed E-state index contributed by atoms with van der Waals surface area (Å²) in [4.78, 5) is 17.8. The summed E-state index contributed by atoms with van der Waals surface area (Å²) in [6, 6.07) is 18.6. The number of nitrogens with zero attached hydrogens (tertiary/aromatic N) is 2. The van der Waals surface area contributed by atoms with Gasteiger partial charge in [-0.05, 0) is 43.0 Å². The van der Waals surface area contributed by atoms with E-state index in [4.69, 9.17) is 4.52 Å². The van der Waals surface area contributed by atoms with Gasteiger partial charge in [0.05, 0.1) is 10.9 Å². The maximum atomic E-state index is 13.1. The maximum absolute atomic E-state index is 13.1. The van der Waals surface area contributed by atoms with E-state index in [9.17, 15) is 9.90 Å². The molecular weight excluding hydrogens is 378 g/mol. The summed E-state index contributed by atoms with van der Waals surface area (Å²) in [5.74, 6) is 0.434. The summed E-state index contributed by atoms with van der Waals surface area (Å²) in [6.07, 6.45) is 2.78. The Labute approximate surface area is 173 Å². The van der Waals surface area contributed by atoms with Gasteiger partial charge in [0.25, 0.3) is 11.6 Å². The number of nitrogens with one attached hydrogen (secondary N) is 1. The number of fused-ring (bicyclic) bond motifs is 1. The molecule has 4 aromatic rings. The Kier molecular flexibility index (Phi) is 4.67. The molecule has 1 fully saturated rings. The smallest absolute Gasteiger partial charge is 0.259 e. The molecule has 0 radical (unpaired) electrons. The molecule has 1 saturated carbocycles. The molecule has 1 aliphatic carbocycles. The van der Waals surface area contributed by atoms with Gasteiger partial charge in [-0.2, -0.15) is 0 Å². The molecule has 0 saturated heterocycles. The lowest BCUT2D eigenvalue weighted by Crippen LogP contribution is -2.26. The van der Waals surface area contributed by atoms with E-state index in [0.29, 0.717) is 41.2 Å². The molecule has 1 aliphatic rings. The maximum Gasteiger partial charge on any atom is 0.259 e. The van der Waals surface area contributed by atoms with E-state index in [1.54, 1.807) is 18.2 Å². The number of carbonyl (C=O) groups excluding carboxylic acids is 1. The van der Waals surface area contributed by atoms with Crippen LogP contribution in [0.2, 0.25) is 0 Å². The van der Waals surface area contributed by atoms with Gasteiger partial charge in [0.15, 0.2) is 0 Å². The van der Waals surface area contributed by atoms with Gasteiger partial charge in [0.1, 0.15) is 11.4 Å². The summed E-state index contributed by atoms with van der Waals surface area (Å²) in [5.41, 5.74) is 4.29. The zero-order chi connectivity index (χ0) is 20.5. The molecule has 1 amide bonds. The Morgan fingerprint density at radius 2 is 1.93 bits per heavy atom. The minimum Gasteiger partial charge on any atom is -0.508 e. The van der Waals surface area contributed by atoms with E-state index in [-0.39, 0.29) is 11.7 Å². The fourth-order valence-corrected chi connectivity index (χ4v) is 3.66. The first-order chi connectivity index (χ1) is 14.7. The van der Waals surface area contributed by atoms with Gasteiger partial charge in [-0.1, -0.05) is 47.6 Å². The number of hydrogen-bond donors (Lipinski definition) is 2. The van der Waals surface area contributed by atoms with E-state index >= 15 is 0 Å². The molecule has 6 nitrogen and oxygen atoms in total. The van der Waals surface area contributed by atoms with Crippen LogP contribution in [0.15, 0.2) is 65.2 Å². The molecule has 0 atom stereocenters. The van der Waals surface area contributed by atoms with Gasteiger partial charge in [-0.15, -0.1) is 0 Å². The molecule has 5 rings (SSSR count). The minimum absolute atomic E-state index is 0.176. The summed E-state index contributed by atoms with van der Waals surface area (Å²) in [6.45, 7) is 0.455. The molecule has 2 N–H and O–H groups in total. The van der Waals surface area contributed by atoms with Crippen molar-refractivity contribution in [2.24, 2.45) is 0 Å². The second-order valence-corrected chi connectivity index (χ2v) is 7.62. The van der Waals surface area contributed by atoms with Crippen LogP contribution in [-0.4, -0.2) is 27.7 Å². The average Bonchev–Trinajstić information content (AvgIpc) is 3.53. The highest BCUT2D eigenvalue weighted by atomic mass is 16.5. The monoisotopic (exact) mass is 399 g/mol. The van der Waals surface area contributed by atoms with Crippen molar-refractivity contribution in [2.75, 3.05) is 6.54 Å². The molecule has 6 heteroatoms. The quantitative estimate of drug-likeness (QED) is 0.500. The van der Waals surface area contributed by atoms with Gasteiger partial charge < -0.3 is 14.9 Å². The lowest BCUT2D eigenvalue weighted by Gasteiger charge is -2.09. The number of phenolic OH excluding ortho intramolecular Hbond substituents is 1. The van der Waals surface area contributed by atoms with Crippen molar-refractivity contribution in [3.05, 3.63) is 77.5 Å². The third-order valence-electron chi connectivity index (χ3n) is 5.36. The lowest BCUT2D eigenvalue weighted by molar-refractivity contribution is 0.0955. The minimum atomic E-state index is -0.176. The largest absolute Gasteiger partial charge is 0.508 e. The second kappa shape index (κ2) is 7.63. The zero-order valence-corrected chi connectivity index (χ0v) is 16.3. The van der Waals surface area contributed by atoms with Gasteiger partial charge in [0.2, 0.25) is 0 Å². The SMILES string of the molecule is O=C(NCCc1cccc(O)c1)c1cc(C2CC2)nc2onc(-c3ccccc3)c12. The van der Waals surface area contributed by atoms with E-state index in [0.717, 1.165) is 29.7 Å². The number of aromatic nitrogens is 2. The van der Waals surface area contributed by atoms with Crippen molar-refractivity contribution in [1.82, 2.24) is 15.5 Å². The number of carbonyl (C=O) groups is 1. The van der Waals surface area contributed by atoms with Crippen LogP contribution < -0.4 is 5.32 Å². The van der Waals surface area contributed by atoms with Gasteiger partial charge in [-0.25, -0.2) is 4.98 Å². The Morgan fingerprint density at radius 1 is 1.10 bits per heavy atom. The van der Waals surface area contributed by atoms with Crippen molar-refractivity contribution in [3.8, 4) is 17.0 Å². The molecule has 2 aromatic carbocycles. The van der Waals surface area contributed by atoms with Crippen molar-refractivity contribution >= 4 is 17.0 Å². The Bertz CT molecular complexity index is 1210. The Hall–Kier alpha value is -3.67. The molecular formula is C24H21N3O3. The second-order valence-electron chi connectivity index (χ2n) is 7.62. The van der Waals surface area contributed by atoms with Crippen molar-refractivity contribution in [1.29, 1.82) is 0 Å². The zero-order valence-electron chi connectivity index (χ0n) is 16.3. The van der Waals surface area contributed by atoms with Crippen molar-refractivity contribution in [2.45, 2.75) is 25.2 Å². The fraction of sp³-hybridized carbons (Fsp3) is 0.208. The lowest BCUT2D eigenvalue weighted by atomic mass is 10.0. The molecule has 2 heterocycles. The number of amides is 1. The molecule has 0 bridgehead atoms.